The average Bonchev–Trinajstić information content (AvgIpc) is 2.33. The van der Waals surface area contributed by atoms with E-state index < -0.39 is 0 Å². The molecule has 0 spiro atoms. The highest BCUT2D eigenvalue weighted by Gasteiger charge is 2.16. The van der Waals surface area contributed by atoms with Crippen LogP contribution in [-0.2, 0) is 6.54 Å². The molecular formula is C15H22BrN. The van der Waals surface area contributed by atoms with Crippen molar-refractivity contribution in [3.05, 3.63) is 35.4 Å². The smallest absolute Gasteiger partial charge is 0.0233 e. The lowest BCUT2D eigenvalue weighted by atomic mass is 10.0. The molecule has 0 aliphatic carbocycles. The molecule has 0 radical (unpaired) electrons. The summed E-state index contributed by atoms with van der Waals surface area (Å²) in [4.78, 5) is 3.30. The Hall–Kier alpha value is -0.340. The third-order valence-electron chi connectivity index (χ3n) is 3.57. The molecule has 2 rings (SSSR count). The van der Waals surface area contributed by atoms with Gasteiger partial charge in [-0.15, -0.1) is 0 Å². The van der Waals surface area contributed by atoms with Gasteiger partial charge >= 0.3 is 0 Å². The first-order chi connectivity index (χ1) is 8.15. The van der Waals surface area contributed by atoms with E-state index >= 15 is 0 Å². The van der Waals surface area contributed by atoms with Crippen LogP contribution in [-0.4, -0.2) is 22.8 Å². The van der Waals surface area contributed by atoms with E-state index in [0.29, 0.717) is 5.92 Å². The van der Waals surface area contributed by atoms with Gasteiger partial charge in [0, 0.05) is 11.4 Å². The number of piperidine rings is 1. The van der Waals surface area contributed by atoms with Gasteiger partial charge in [0.05, 0.1) is 0 Å². The van der Waals surface area contributed by atoms with Crippen LogP contribution in [0.3, 0.4) is 0 Å². The number of hydrogen-bond acceptors (Lipinski definition) is 1. The van der Waals surface area contributed by atoms with E-state index in [1.807, 2.05) is 0 Å². The molecule has 94 valence electrons. The Balaban J connectivity index is 1.90. The van der Waals surface area contributed by atoms with Gasteiger partial charge in [0.25, 0.3) is 0 Å². The van der Waals surface area contributed by atoms with Gasteiger partial charge in [-0.3, -0.25) is 4.90 Å². The van der Waals surface area contributed by atoms with Gasteiger partial charge in [-0.25, -0.2) is 0 Å². The monoisotopic (exact) mass is 295 g/mol. The van der Waals surface area contributed by atoms with E-state index in [0.717, 1.165) is 11.4 Å². The van der Waals surface area contributed by atoms with Crippen LogP contribution < -0.4 is 0 Å². The van der Waals surface area contributed by atoms with Crippen LogP contribution in [0.5, 0.6) is 0 Å². The molecule has 0 aromatic heterocycles. The van der Waals surface area contributed by atoms with Crippen LogP contribution in [0.25, 0.3) is 0 Å². The summed E-state index contributed by atoms with van der Waals surface area (Å²) in [5.41, 5.74) is 2.88. The van der Waals surface area contributed by atoms with Gasteiger partial charge in [0.15, 0.2) is 0 Å². The fraction of sp³-hybridized carbons (Fsp3) is 0.600. The Morgan fingerprint density at radius 1 is 1.18 bits per heavy atom. The maximum atomic E-state index is 3.70. The van der Waals surface area contributed by atoms with Gasteiger partial charge in [-0.1, -0.05) is 54.0 Å². The van der Waals surface area contributed by atoms with Crippen molar-refractivity contribution < 1.29 is 0 Å². The average molecular weight is 296 g/mol. The summed E-state index contributed by atoms with van der Waals surface area (Å²) in [6.45, 7) is 8.05. The number of halogens is 1. The van der Waals surface area contributed by atoms with E-state index in [-0.39, 0.29) is 0 Å². The summed E-state index contributed by atoms with van der Waals surface area (Å²) in [5.74, 6) is 0.633. The Kier molecular flexibility index (Phi) is 4.63. The molecule has 0 N–H and O–H groups in total. The first kappa shape index (κ1) is 13.1. The van der Waals surface area contributed by atoms with Crippen molar-refractivity contribution in [2.75, 3.05) is 13.1 Å². The second kappa shape index (κ2) is 6.01. The maximum absolute atomic E-state index is 3.70. The van der Waals surface area contributed by atoms with Crippen LogP contribution in [0.4, 0.5) is 0 Å². The minimum absolute atomic E-state index is 0.633. The standard InChI is InChI=1S/C15H22BrN/c1-12(2)14-5-3-13(4-6-14)11-17-9-7-15(16)8-10-17/h3-6,12,15H,7-11H2,1-2H3. The topological polar surface area (TPSA) is 3.24 Å². The zero-order valence-electron chi connectivity index (χ0n) is 10.8. The van der Waals surface area contributed by atoms with E-state index in [1.54, 1.807) is 0 Å². The summed E-state index contributed by atoms with van der Waals surface area (Å²) in [6.07, 6.45) is 2.56. The van der Waals surface area contributed by atoms with Crippen LogP contribution in [0.2, 0.25) is 0 Å². The summed E-state index contributed by atoms with van der Waals surface area (Å²) in [7, 11) is 0. The number of nitrogens with zero attached hydrogens (tertiary/aromatic N) is 1. The molecule has 0 atom stereocenters. The lowest BCUT2D eigenvalue weighted by Gasteiger charge is -2.29. The molecule has 1 heterocycles. The second-order valence-corrected chi connectivity index (χ2v) is 6.64. The number of likely N-dealkylation sites (tertiary alicyclic amines) is 1. The van der Waals surface area contributed by atoms with Crippen molar-refractivity contribution >= 4 is 15.9 Å². The van der Waals surface area contributed by atoms with Crippen molar-refractivity contribution in [1.82, 2.24) is 4.90 Å². The van der Waals surface area contributed by atoms with Crippen LogP contribution in [0.15, 0.2) is 24.3 Å². The van der Waals surface area contributed by atoms with Gasteiger partial charge in [-0.05, 0) is 43.0 Å². The zero-order valence-corrected chi connectivity index (χ0v) is 12.4. The molecule has 0 bridgehead atoms. The summed E-state index contributed by atoms with van der Waals surface area (Å²) in [5, 5.41) is 0. The van der Waals surface area contributed by atoms with E-state index in [4.69, 9.17) is 0 Å². The normalized spacial score (nSPS) is 18.8. The predicted octanol–water partition coefficient (Wildman–Crippen LogP) is 4.17. The van der Waals surface area contributed by atoms with Gasteiger partial charge in [0.1, 0.15) is 0 Å². The van der Waals surface area contributed by atoms with E-state index in [2.05, 4.69) is 58.9 Å². The lowest BCUT2D eigenvalue weighted by molar-refractivity contribution is 0.226. The number of rotatable bonds is 3. The van der Waals surface area contributed by atoms with Crippen molar-refractivity contribution in [1.29, 1.82) is 0 Å². The molecular weight excluding hydrogens is 274 g/mol. The summed E-state index contributed by atoms with van der Waals surface area (Å²) in [6, 6.07) is 9.12. The molecule has 1 aliphatic heterocycles. The highest BCUT2D eigenvalue weighted by atomic mass is 79.9. The molecule has 1 aromatic carbocycles. The molecule has 17 heavy (non-hydrogen) atoms. The number of hydrogen-bond donors (Lipinski definition) is 0. The second-order valence-electron chi connectivity index (χ2n) is 5.35. The summed E-state index contributed by atoms with van der Waals surface area (Å²) >= 11 is 3.70. The first-order valence-corrected chi connectivity index (χ1v) is 7.52. The Bertz CT molecular complexity index is 336. The first-order valence-electron chi connectivity index (χ1n) is 6.60. The maximum Gasteiger partial charge on any atom is 0.0233 e. The quantitative estimate of drug-likeness (QED) is 0.757. The highest BCUT2D eigenvalue weighted by Crippen LogP contribution is 2.20. The molecule has 1 aromatic rings. The molecule has 1 aliphatic rings. The molecule has 0 amide bonds. The Morgan fingerprint density at radius 2 is 1.76 bits per heavy atom. The van der Waals surface area contributed by atoms with Crippen molar-refractivity contribution in [2.24, 2.45) is 0 Å². The van der Waals surface area contributed by atoms with Crippen molar-refractivity contribution in [3.63, 3.8) is 0 Å². The number of alkyl halides is 1. The van der Waals surface area contributed by atoms with Gasteiger partial charge in [0.2, 0.25) is 0 Å². The van der Waals surface area contributed by atoms with Gasteiger partial charge in [-0.2, -0.15) is 0 Å². The summed E-state index contributed by atoms with van der Waals surface area (Å²) < 4.78 is 0. The van der Waals surface area contributed by atoms with Crippen molar-refractivity contribution in [2.45, 2.75) is 44.0 Å². The minimum atomic E-state index is 0.633. The lowest BCUT2D eigenvalue weighted by Crippen LogP contribution is -2.33. The zero-order chi connectivity index (χ0) is 12.3. The predicted molar refractivity (Wildman–Crippen MR) is 77.8 cm³/mol. The molecule has 0 unspecified atom stereocenters. The third-order valence-corrected chi connectivity index (χ3v) is 4.49. The molecule has 1 saturated heterocycles. The van der Waals surface area contributed by atoms with E-state index in [1.165, 1.54) is 37.1 Å². The largest absolute Gasteiger partial charge is 0.299 e. The molecule has 1 nitrogen and oxygen atoms in total. The SMILES string of the molecule is CC(C)c1ccc(CN2CCC(Br)CC2)cc1. The fourth-order valence-electron chi connectivity index (χ4n) is 2.33. The molecule has 0 saturated carbocycles. The Labute approximate surface area is 113 Å². The Morgan fingerprint density at radius 3 is 2.29 bits per heavy atom. The van der Waals surface area contributed by atoms with Crippen LogP contribution in [0.1, 0.15) is 43.7 Å². The van der Waals surface area contributed by atoms with Crippen molar-refractivity contribution in [3.8, 4) is 0 Å². The molecule has 1 fully saturated rings. The van der Waals surface area contributed by atoms with Crippen LogP contribution >= 0.6 is 15.9 Å². The van der Waals surface area contributed by atoms with E-state index in [9.17, 15) is 0 Å². The minimum Gasteiger partial charge on any atom is -0.299 e. The number of benzene rings is 1. The van der Waals surface area contributed by atoms with Gasteiger partial charge < -0.3 is 0 Å². The third kappa shape index (κ3) is 3.82. The van der Waals surface area contributed by atoms with Crippen LogP contribution in [0, 0.1) is 0 Å². The molecule has 2 heteroatoms. The highest BCUT2D eigenvalue weighted by molar-refractivity contribution is 9.09. The fourth-order valence-corrected chi connectivity index (χ4v) is 2.74.